The van der Waals surface area contributed by atoms with Gasteiger partial charge in [-0.25, -0.2) is 9.36 Å². The molecule has 0 radical (unpaired) electrons. The molecule has 0 saturated heterocycles. The zero-order valence-corrected chi connectivity index (χ0v) is 20.6. The Morgan fingerprint density at radius 2 is 1.61 bits per heavy atom. The largest absolute Gasteiger partial charge is 0.449 e. The Balaban J connectivity index is 1.56. The summed E-state index contributed by atoms with van der Waals surface area (Å²) in [6.45, 7) is -0.916. The number of halogens is 2. The highest BCUT2D eigenvalue weighted by molar-refractivity contribution is 6.35. The number of para-hydroxylation sites is 1. The van der Waals surface area contributed by atoms with Gasteiger partial charge in [0, 0.05) is 27.2 Å². The van der Waals surface area contributed by atoms with Crippen molar-refractivity contribution in [1.82, 2.24) is 14.5 Å². The Kier molecular flexibility index (Phi) is 6.59. The smallest absolute Gasteiger partial charge is 0.332 e. The molecule has 186 valence electrons. The number of nitrogens with one attached hydrogen (secondary N) is 2. The van der Waals surface area contributed by atoms with Crippen LogP contribution in [0.4, 0.5) is 5.69 Å². The first-order valence-corrected chi connectivity index (χ1v) is 12.3. The maximum Gasteiger partial charge on any atom is 0.332 e. The van der Waals surface area contributed by atoms with Gasteiger partial charge in [0.15, 0.2) is 0 Å². The minimum Gasteiger partial charge on any atom is -0.449 e. The molecule has 1 saturated carbocycles. The third-order valence-corrected chi connectivity index (χ3v) is 6.65. The van der Waals surface area contributed by atoms with Crippen LogP contribution in [0.5, 0.6) is 0 Å². The van der Waals surface area contributed by atoms with Crippen molar-refractivity contribution in [3.63, 3.8) is 0 Å². The van der Waals surface area contributed by atoms with Crippen molar-refractivity contribution < 1.29 is 14.0 Å². The molecule has 1 aliphatic rings. The van der Waals surface area contributed by atoms with E-state index in [2.05, 4.69) is 10.6 Å². The van der Waals surface area contributed by atoms with Crippen LogP contribution >= 0.6 is 23.2 Å². The lowest BCUT2D eigenvalue weighted by atomic mass is 10.2. The molecule has 9 nitrogen and oxygen atoms in total. The average molecular weight is 529 g/mol. The summed E-state index contributed by atoms with van der Waals surface area (Å²) < 4.78 is 7.72. The number of hydrogen-bond acceptors (Lipinski definition) is 5. The van der Waals surface area contributed by atoms with E-state index in [-0.39, 0.29) is 17.1 Å². The highest BCUT2D eigenvalue weighted by atomic mass is 35.5. The molecule has 2 aromatic carbocycles. The van der Waals surface area contributed by atoms with E-state index in [0.29, 0.717) is 26.7 Å². The molecule has 0 bridgehead atoms. The molecule has 2 N–H and O–H groups in total. The van der Waals surface area contributed by atoms with Crippen LogP contribution in [-0.4, -0.2) is 27.0 Å². The number of fused-ring (bicyclic) bond motifs is 3. The molecule has 1 aliphatic carbocycles. The molecule has 4 aromatic rings. The van der Waals surface area contributed by atoms with E-state index in [1.54, 1.807) is 24.3 Å². The highest BCUT2D eigenvalue weighted by Crippen LogP contribution is 2.26. The topological polar surface area (TPSA) is 115 Å². The molecular formula is C25H22Cl2N4O5. The summed E-state index contributed by atoms with van der Waals surface area (Å²) in [4.78, 5) is 52.4. The molecule has 11 heteroatoms. The van der Waals surface area contributed by atoms with E-state index in [1.807, 2.05) is 0 Å². The van der Waals surface area contributed by atoms with Crippen LogP contribution in [0.3, 0.4) is 0 Å². The van der Waals surface area contributed by atoms with E-state index in [1.165, 1.54) is 18.2 Å². The Morgan fingerprint density at radius 1 is 0.944 bits per heavy atom. The first-order valence-electron chi connectivity index (χ1n) is 11.5. The number of aromatic nitrogens is 2. The maximum absolute atomic E-state index is 13.5. The van der Waals surface area contributed by atoms with E-state index >= 15 is 0 Å². The van der Waals surface area contributed by atoms with Crippen molar-refractivity contribution in [2.75, 3.05) is 5.32 Å². The number of carbonyl (C=O) groups is 2. The van der Waals surface area contributed by atoms with Crippen LogP contribution in [0.25, 0.3) is 22.1 Å². The molecule has 36 heavy (non-hydrogen) atoms. The lowest BCUT2D eigenvalue weighted by molar-refractivity contribution is -0.122. The Hall–Kier alpha value is -3.56. The zero-order chi connectivity index (χ0) is 25.4. The number of amides is 2. The van der Waals surface area contributed by atoms with Gasteiger partial charge in [-0.3, -0.25) is 19.0 Å². The van der Waals surface area contributed by atoms with Crippen LogP contribution < -0.4 is 21.9 Å². The van der Waals surface area contributed by atoms with Gasteiger partial charge in [-0.15, -0.1) is 0 Å². The van der Waals surface area contributed by atoms with Gasteiger partial charge in [-0.1, -0.05) is 48.2 Å². The quantitative estimate of drug-likeness (QED) is 0.393. The minimum absolute atomic E-state index is 0.0284. The first-order chi connectivity index (χ1) is 17.3. The highest BCUT2D eigenvalue weighted by Gasteiger charge is 2.24. The van der Waals surface area contributed by atoms with Gasteiger partial charge >= 0.3 is 5.69 Å². The van der Waals surface area contributed by atoms with Crippen molar-refractivity contribution in [3.05, 3.63) is 73.3 Å². The maximum atomic E-state index is 13.5. The van der Waals surface area contributed by atoms with Gasteiger partial charge in [0.1, 0.15) is 24.2 Å². The summed E-state index contributed by atoms with van der Waals surface area (Å²) in [5.41, 5.74) is -0.711. The second kappa shape index (κ2) is 9.83. The standard InChI is InChI=1S/C25H22Cl2N4O5/c26-14-9-15(27)11-17(10-14)29-20(32)12-30-22-18-7-3-4-8-19(18)36-23(22)24(34)31(25(30)35)13-21(33)28-16-5-1-2-6-16/h3-4,7-11,16H,1-2,5-6,12-13H2,(H,28,33)(H,29,32). The fourth-order valence-electron chi connectivity index (χ4n) is 4.64. The summed E-state index contributed by atoms with van der Waals surface area (Å²) in [5, 5.41) is 6.71. The third-order valence-electron chi connectivity index (χ3n) is 6.21. The summed E-state index contributed by atoms with van der Waals surface area (Å²) in [5.74, 6) is -0.997. The first kappa shape index (κ1) is 24.1. The summed E-state index contributed by atoms with van der Waals surface area (Å²) in [6.07, 6.45) is 3.77. The third kappa shape index (κ3) is 4.76. The monoisotopic (exact) mass is 528 g/mol. The predicted molar refractivity (Wildman–Crippen MR) is 138 cm³/mol. The van der Waals surface area contributed by atoms with Gasteiger partial charge in [0.2, 0.25) is 17.4 Å². The number of rotatable bonds is 6. The minimum atomic E-state index is -0.792. The van der Waals surface area contributed by atoms with Crippen molar-refractivity contribution in [3.8, 4) is 0 Å². The number of nitrogens with zero attached hydrogens (tertiary/aromatic N) is 2. The number of benzene rings is 2. The molecule has 0 unspecified atom stereocenters. The van der Waals surface area contributed by atoms with Crippen molar-refractivity contribution >= 4 is 62.8 Å². The van der Waals surface area contributed by atoms with E-state index in [0.717, 1.165) is 34.8 Å². The lowest BCUT2D eigenvalue weighted by Gasteiger charge is -2.14. The van der Waals surface area contributed by atoms with Crippen molar-refractivity contribution in [1.29, 1.82) is 0 Å². The summed E-state index contributed by atoms with van der Waals surface area (Å²) in [6, 6.07) is 11.4. The fourth-order valence-corrected chi connectivity index (χ4v) is 5.16. The fraction of sp³-hybridized carbons (Fsp3) is 0.280. The van der Waals surface area contributed by atoms with Crippen LogP contribution in [0.2, 0.25) is 10.0 Å². The molecule has 0 atom stereocenters. The Morgan fingerprint density at radius 3 is 2.33 bits per heavy atom. The van der Waals surface area contributed by atoms with E-state index in [9.17, 15) is 19.2 Å². The molecule has 5 rings (SSSR count). The zero-order valence-electron chi connectivity index (χ0n) is 19.1. The van der Waals surface area contributed by atoms with Crippen LogP contribution in [0, 0.1) is 0 Å². The number of anilines is 1. The summed E-state index contributed by atoms with van der Waals surface area (Å²) >= 11 is 12.0. The van der Waals surface area contributed by atoms with Crippen molar-refractivity contribution in [2.45, 2.75) is 44.8 Å². The average Bonchev–Trinajstić information content (AvgIpc) is 3.46. The Labute approximate surface area is 214 Å². The molecule has 2 aromatic heterocycles. The summed E-state index contributed by atoms with van der Waals surface area (Å²) in [7, 11) is 0. The molecule has 0 aliphatic heterocycles. The molecule has 0 spiro atoms. The number of hydrogen-bond donors (Lipinski definition) is 2. The van der Waals surface area contributed by atoms with Crippen LogP contribution in [0.15, 0.2) is 56.5 Å². The van der Waals surface area contributed by atoms with Gasteiger partial charge in [-0.2, -0.15) is 0 Å². The molecule has 1 fully saturated rings. The SMILES string of the molecule is O=C(Cn1c(=O)n(CC(=O)NC2CCCC2)c(=O)c2oc3ccccc3c21)Nc1cc(Cl)cc(Cl)c1. The van der Waals surface area contributed by atoms with Gasteiger partial charge in [0.25, 0.3) is 5.56 Å². The molecule has 2 heterocycles. The second-order valence-electron chi connectivity index (χ2n) is 8.79. The predicted octanol–water partition coefficient (Wildman–Crippen LogP) is 3.91. The van der Waals surface area contributed by atoms with Crippen molar-refractivity contribution in [2.24, 2.45) is 0 Å². The van der Waals surface area contributed by atoms with Gasteiger partial charge < -0.3 is 15.1 Å². The normalized spacial score (nSPS) is 13.9. The van der Waals surface area contributed by atoms with Gasteiger partial charge in [0.05, 0.1) is 0 Å². The van der Waals surface area contributed by atoms with Crippen LogP contribution in [-0.2, 0) is 22.7 Å². The molecular weight excluding hydrogens is 507 g/mol. The molecule has 2 amide bonds. The second-order valence-corrected chi connectivity index (χ2v) is 9.66. The van der Waals surface area contributed by atoms with E-state index < -0.39 is 36.2 Å². The number of carbonyl (C=O) groups excluding carboxylic acids is 2. The number of furan rings is 1. The van der Waals surface area contributed by atoms with E-state index in [4.69, 9.17) is 27.6 Å². The van der Waals surface area contributed by atoms with Gasteiger partial charge in [-0.05, 0) is 43.2 Å². The van der Waals surface area contributed by atoms with Crippen LogP contribution in [0.1, 0.15) is 25.7 Å². The Bertz CT molecular complexity index is 1590. The lowest BCUT2D eigenvalue weighted by Crippen LogP contribution is -2.46.